The average Bonchev–Trinajstić information content (AvgIpc) is 2.48. The zero-order valence-corrected chi connectivity index (χ0v) is 12.7. The lowest BCUT2D eigenvalue weighted by atomic mass is 10.0. The van der Waals surface area contributed by atoms with Crippen LogP contribution in [0.2, 0.25) is 0 Å². The number of nitrogens with one attached hydrogen (secondary N) is 2. The van der Waals surface area contributed by atoms with E-state index in [0.717, 1.165) is 11.1 Å². The highest BCUT2D eigenvalue weighted by atomic mass is 16.2. The predicted molar refractivity (Wildman–Crippen MR) is 85.2 cm³/mol. The number of benzene rings is 1. The fourth-order valence-corrected chi connectivity index (χ4v) is 2.11. The lowest BCUT2D eigenvalue weighted by Crippen LogP contribution is -2.29. The van der Waals surface area contributed by atoms with Crippen molar-refractivity contribution >= 4 is 17.6 Å². The molecule has 0 spiro atoms. The third-order valence-corrected chi connectivity index (χ3v) is 3.18. The predicted octanol–water partition coefficient (Wildman–Crippen LogP) is 2.60. The summed E-state index contributed by atoms with van der Waals surface area (Å²) in [6, 6.07) is 12.7. The van der Waals surface area contributed by atoms with E-state index >= 15 is 0 Å². The molecule has 5 nitrogen and oxygen atoms in total. The Morgan fingerprint density at radius 3 is 2.45 bits per heavy atom. The number of aromatic nitrogens is 1. The van der Waals surface area contributed by atoms with Gasteiger partial charge in [-0.15, -0.1) is 0 Å². The lowest BCUT2D eigenvalue weighted by molar-refractivity contribution is -0.120. The van der Waals surface area contributed by atoms with Gasteiger partial charge in [-0.25, -0.2) is 4.98 Å². The molecule has 0 aliphatic heterocycles. The van der Waals surface area contributed by atoms with Gasteiger partial charge in [0.1, 0.15) is 5.82 Å². The SMILES string of the molecule is CC(=O)NC(CC(=O)Nc1ccccn1)c1ccc(C)cc1. The fraction of sp³-hybridized carbons (Fsp3) is 0.235. The van der Waals surface area contributed by atoms with Gasteiger partial charge in [0.15, 0.2) is 0 Å². The van der Waals surface area contributed by atoms with Crippen molar-refractivity contribution in [3.8, 4) is 0 Å². The van der Waals surface area contributed by atoms with Crippen molar-refractivity contribution < 1.29 is 9.59 Å². The second-order valence-electron chi connectivity index (χ2n) is 5.13. The van der Waals surface area contributed by atoms with Crippen molar-refractivity contribution in [2.45, 2.75) is 26.3 Å². The first kappa shape index (κ1) is 15.7. The Morgan fingerprint density at radius 1 is 1.14 bits per heavy atom. The number of hydrogen-bond acceptors (Lipinski definition) is 3. The van der Waals surface area contributed by atoms with Crippen molar-refractivity contribution in [2.24, 2.45) is 0 Å². The van der Waals surface area contributed by atoms with E-state index in [1.54, 1.807) is 24.4 Å². The van der Waals surface area contributed by atoms with E-state index in [2.05, 4.69) is 15.6 Å². The molecule has 0 bridgehead atoms. The maximum absolute atomic E-state index is 12.1. The van der Waals surface area contributed by atoms with Crippen LogP contribution in [0.3, 0.4) is 0 Å². The van der Waals surface area contributed by atoms with Crippen molar-refractivity contribution in [1.29, 1.82) is 0 Å². The highest BCUT2D eigenvalue weighted by Crippen LogP contribution is 2.18. The van der Waals surface area contributed by atoms with Crippen LogP contribution < -0.4 is 10.6 Å². The maximum Gasteiger partial charge on any atom is 0.227 e. The first-order valence-corrected chi connectivity index (χ1v) is 7.09. The number of rotatable bonds is 5. The maximum atomic E-state index is 12.1. The van der Waals surface area contributed by atoms with E-state index in [0.29, 0.717) is 5.82 Å². The van der Waals surface area contributed by atoms with Crippen molar-refractivity contribution in [3.05, 3.63) is 59.8 Å². The molecule has 1 aromatic carbocycles. The second-order valence-corrected chi connectivity index (χ2v) is 5.13. The number of amides is 2. The molecule has 0 aliphatic carbocycles. The highest BCUT2D eigenvalue weighted by molar-refractivity contribution is 5.90. The third kappa shape index (κ3) is 4.70. The molecule has 0 radical (unpaired) electrons. The number of anilines is 1. The normalized spacial score (nSPS) is 11.5. The Labute approximate surface area is 129 Å². The van der Waals surface area contributed by atoms with Crippen LogP contribution in [-0.2, 0) is 9.59 Å². The summed E-state index contributed by atoms with van der Waals surface area (Å²) in [5.74, 6) is 0.132. The van der Waals surface area contributed by atoms with Gasteiger partial charge in [-0.05, 0) is 24.6 Å². The third-order valence-electron chi connectivity index (χ3n) is 3.18. The smallest absolute Gasteiger partial charge is 0.227 e. The Morgan fingerprint density at radius 2 is 1.86 bits per heavy atom. The molecule has 1 aromatic heterocycles. The summed E-state index contributed by atoms with van der Waals surface area (Å²) >= 11 is 0. The van der Waals surface area contributed by atoms with Gasteiger partial charge in [0, 0.05) is 13.1 Å². The highest BCUT2D eigenvalue weighted by Gasteiger charge is 2.17. The molecule has 0 fully saturated rings. The number of pyridine rings is 1. The molecule has 2 N–H and O–H groups in total. The Kier molecular flexibility index (Phi) is 5.25. The van der Waals surface area contributed by atoms with Gasteiger partial charge < -0.3 is 10.6 Å². The van der Waals surface area contributed by atoms with E-state index in [1.165, 1.54) is 6.92 Å². The summed E-state index contributed by atoms with van der Waals surface area (Å²) < 4.78 is 0. The van der Waals surface area contributed by atoms with Gasteiger partial charge in [0.05, 0.1) is 12.5 Å². The molecule has 2 rings (SSSR count). The van der Waals surface area contributed by atoms with E-state index in [-0.39, 0.29) is 24.3 Å². The van der Waals surface area contributed by atoms with Gasteiger partial charge in [-0.3, -0.25) is 9.59 Å². The fourth-order valence-electron chi connectivity index (χ4n) is 2.11. The number of aryl methyl sites for hydroxylation is 1. The number of carbonyl (C=O) groups excluding carboxylic acids is 2. The van der Waals surface area contributed by atoms with Crippen molar-refractivity contribution in [2.75, 3.05) is 5.32 Å². The first-order chi connectivity index (χ1) is 10.5. The molecule has 22 heavy (non-hydrogen) atoms. The zero-order valence-electron chi connectivity index (χ0n) is 12.7. The van der Waals surface area contributed by atoms with Crippen LogP contribution in [0.15, 0.2) is 48.7 Å². The minimum atomic E-state index is -0.359. The van der Waals surface area contributed by atoms with Gasteiger partial charge >= 0.3 is 0 Å². The Hall–Kier alpha value is -2.69. The summed E-state index contributed by atoms with van der Waals surface area (Å²) in [6.07, 6.45) is 1.76. The number of nitrogens with zero attached hydrogens (tertiary/aromatic N) is 1. The van der Waals surface area contributed by atoms with Crippen LogP contribution in [0.25, 0.3) is 0 Å². The van der Waals surface area contributed by atoms with Gasteiger partial charge in [0.25, 0.3) is 0 Å². The Balaban J connectivity index is 2.07. The molecular weight excluding hydrogens is 278 g/mol. The van der Waals surface area contributed by atoms with E-state index in [1.807, 2.05) is 31.2 Å². The standard InChI is InChI=1S/C17H19N3O2/c1-12-6-8-14(9-7-12)15(19-13(2)21)11-17(22)20-16-5-3-4-10-18-16/h3-10,15H,11H2,1-2H3,(H,19,21)(H,18,20,22). The second kappa shape index (κ2) is 7.36. The van der Waals surface area contributed by atoms with Crippen molar-refractivity contribution in [1.82, 2.24) is 10.3 Å². The van der Waals surface area contributed by atoms with Crippen molar-refractivity contribution in [3.63, 3.8) is 0 Å². The summed E-state index contributed by atoms with van der Waals surface area (Å²) in [4.78, 5) is 27.6. The lowest BCUT2D eigenvalue weighted by Gasteiger charge is -2.18. The summed E-state index contributed by atoms with van der Waals surface area (Å²) in [7, 11) is 0. The summed E-state index contributed by atoms with van der Waals surface area (Å²) in [5.41, 5.74) is 2.03. The Bertz CT molecular complexity index is 639. The topological polar surface area (TPSA) is 71.1 Å². The molecule has 2 aromatic rings. The molecule has 1 unspecified atom stereocenters. The molecule has 114 valence electrons. The van der Waals surface area contributed by atoms with Crippen LogP contribution in [0.1, 0.15) is 30.5 Å². The van der Waals surface area contributed by atoms with Crippen LogP contribution >= 0.6 is 0 Å². The zero-order chi connectivity index (χ0) is 15.9. The summed E-state index contributed by atoms with van der Waals surface area (Å²) in [6.45, 7) is 3.43. The summed E-state index contributed by atoms with van der Waals surface area (Å²) in [5, 5.41) is 5.54. The molecule has 1 atom stereocenters. The molecular formula is C17H19N3O2. The molecule has 0 aliphatic rings. The van der Waals surface area contributed by atoms with Gasteiger partial charge in [0.2, 0.25) is 11.8 Å². The number of hydrogen-bond donors (Lipinski definition) is 2. The van der Waals surface area contributed by atoms with E-state index < -0.39 is 0 Å². The molecule has 0 saturated carbocycles. The largest absolute Gasteiger partial charge is 0.349 e. The van der Waals surface area contributed by atoms with Crippen LogP contribution in [0.5, 0.6) is 0 Å². The molecule has 5 heteroatoms. The molecule has 2 amide bonds. The van der Waals surface area contributed by atoms with Crippen LogP contribution in [0.4, 0.5) is 5.82 Å². The van der Waals surface area contributed by atoms with E-state index in [4.69, 9.17) is 0 Å². The minimum absolute atomic E-state index is 0.152. The molecule has 0 saturated heterocycles. The quantitative estimate of drug-likeness (QED) is 0.891. The monoisotopic (exact) mass is 297 g/mol. The average molecular weight is 297 g/mol. The van der Waals surface area contributed by atoms with Gasteiger partial charge in [-0.2, -0.15) is 0 Å². The van der Waals surface area contributed by atoms with Gasteiger partial charge in [-0.1, -0.05) is 35.9 Å². The van der Waals surface area contributed by atoms with E-state index in [9.17, 15) is 9.59 Å². The van der Waals surface area contributed by atoms with Crippen LogP contribution in [-0.4, -0.2) is 16.8 Å². The first-order valence-electron chi connectivity index (χ1n) is 7.09. The minimum Gasteiger partial charge on any atom is -0.349 e. The number of carbonyl (C=O) groups is 2. The van der Waals surface area contributed by atoms with Crippen LogP contribution in [0, 0.1) is 6.92 Å². The molecule has 1 heterocycles.